The number of methoxy groups -OCH3 is 1. The molecule has 21 heavy (non-hydrogen) atoms. The van der Waals surface area contributed by atoms with E-state index in [1.165, 1.54) is 10.9 Å². The number of halogens is 1. The predicted octanol–water partition coefficient (Wildman–Crippen LogP) is 3.80. The van der Waals surface area contributed by atoms with Gasteiger partial charge < -0.3 is 10.1 Å². The molecule has 114 valence electrons. The van der Waals surface area contributed by atoms with E-state index in [1.807, 2.05) is 13.8 Å². The van der Waals surface area contributed by atoms with Gasteiger partial charge in [-0.1, -0.05) is 13.0 Å². The van der Waals surface area contributed by atoms with Crippen LogP contribution in [0.1, 0.15) is 34.1 Å². The van der Waals surface area contributed by atoms with Gasteiger partial charge in [-0.25, -0.2) is 9.37 Å². The summed E-state index contributed by atoms with van der Waals surface area (Å²) < 4.78 is 19.6. The molecular formula is C16H21FN2OS. The van der Waals surface area contributed by atoms with Crippen molar-refractivity contribution in [2.75, 3.05) is 13.7 Å². The van der Waals surface area contributed by atoms with Gasteiger partial charge in [0.15, 0.2) is 0 Å². The molecule has 0 aliphatic heterocycles. The van der Waals surface area contributed by atoms with E-state index in [0.29, 0.717) is 17.7 Å². The maximum Gasteiger partial charge on any atom is 0.131 e. The lowest BCUT2D eigenvalue weighted by molar-refractivity contribution is 0.390. The Balaban J connectivity index is 2.35. The molecule has 0 fully saturated rings. The first-order chi connectivity index (χ1) is 10.1. The highest BCUT2D eigenvalue weighted by Gasteiger charge is 2.21. The summed E-state index contributed by atoms with van der Waals surface area (Å²) in [4.78, 5) is 5.77. The zero-order valence-electron chi connectivity index (χ0n) is 12.9. The fourth-order valence-corrected chi connectivity index (χ4v) is 3.34. The quantitative estimate of drug-likeness (QED) is 0.881. The molecule has 2 aromatic rings. The maximum atomic E-state index is 14.3. The second kappa shape index (κ2) is 7.00. The van der Waals surface area contributed by atoms with E-state index in [-0.39, 0.29) is 11.9 Å². The van der Waals surface area contributed by atoms with E-state index in [0.717, 1.165) is 17.2 Å². The van der Waals surface area contributed by atoms with Gasteiger partial charge in [0, 0.05) is 22.9 Å². The van der Waals surface area contributed by atoms with Crippen LogP contribution < -0.4 is 10.1 Å². The molecule has 5 heteroatoms. The highest BCUT2D eigenvalue weighted by atomic mass is 32.1. The lowest BCUT2D eigenvalue weighted by atomic mass is 10.0. The van der Waals surface area contributed by atoms with Crippen molar-refractivity contribution in [2.45, 2.75) is 33.2 Å². The van der Waals surface area contributed by atoms with Crippen LogP contribution in [0.4, 0.5) is 4.39 Å². The Kier molecular flexibility index (Phi) is 5.31. The van der Waals surface area contributed by atoms with Crippen molar-refractivity contribution in [3.8, 4) is 5.75 Å². The molecule has 2 rings (SSSR count). The molecule has 0 aliphatic carbocycles. The second-order valence-electron chi connectivity index (χ2n) is 4.92. The minimum atomic E-state index is -0.245. The molecule has 0 bridgehead atoms. The highest BCUT2D eigenvalue weighted by molar-refractivity contribution is 7.11. The van der Waals surface area contributed by atoms with Crippen molar-refractivity contribution in [3.63, 3.8) is 0 Å². The van der Waals surface area contributed by atoms with E-state index in [4.69, 9.17) is 4.74 Å². The van der Waals surface area contributed by atoms with Crippen LogP contribution in [0.3, 0.4) is 0 Å². The van der Waals surface area contributed by atoms with Gasteiger partial charge in [-0.3, -0.25) is 0 Å². The lowest BCUT2D eigenvalue weighted by Crippen LogP contribution is -2.24. The third-order valence-corrected chi connectivity index (χ3v) is 4.58. The summed E-state index contributed by atoms with van der Waals surface area (Å²) in [5.41, 5.74) is 1.62. The number of nitrogens with zero attached hydrogens (tertiary/aromatic N) is 1. The van der Waals surface area contributed by atoms with E-state index >= 15 is 0 Å². The number of likely N-dealkylation sites (N-methyl/N-ethyl adjacent to an activating group) is 1. The number of nitrogens with one attached hydrogen (secondary N) is 1. The number of aromatic nitrogens is 1. The fourth-order valence-electron chi connectivity index (χ4n) is 2.36. The molecule has 1 unspecified atom stereocenters. The summed E-state index contributed by atoms with van der Waals surface area (Å²) >= 11 is 1.67. The molecular weight excluding hydrogens is 287 g/mol. The number of hydrogen-bond donors (Lipinski definition) is 1. The van der Waals surface area contributed by atoms with E-state index in [2.05, 4.69) is 17.2 Å². The summed E-state index contributed by atoms with van der Waals surface area (Å²) in [5, 5.41) is 4.35. The lowest BCUT2D eigenvalue weighted by Gasteiger charge is -2.20. The molecule has 3 nitrogen and oxygen atoms in total. The van der Waals surface area contributed by atoms with E-state index < -0.39 is 0 Å². The summed E-state index contributed by atoms with van der Waals surface area (Å²) in [6.07, 6.45) is 0.657. The number of thiazole rings is 1. The van der Waals surface area contributed by atoms with Gasteiger partial charge in [0.1, 0.15) is 11.6 Å². The van der Waals surface area contributed by atoms with E-state index in [9.17, 15) is 4.39 Å². The third kappa shape index (κ3) is 3.60. The number of hydrogen-bond acceptors (Lipinski definition) is 4. The van der Waals surface area contributed by atoms with Gasteiger partial charge in [0.25, 0.3) is 0 Å². The van der Waals surface area contributed by atoms with Crippen molar-refractivity contribution in [1.82, 2.24) is 10.3 Å². The van der Waals surface area contributed by atoms with Crippen molar-refractivity contribution in [1.29, 1.82) is 0 Å². The van der Waals surface area contributed by atoms with Crippen LogP contribution >= 0.6 is 11.3 Å². The topological polar surface area (TPSA) is 34.2 Å². The molecule has 0 spiro atoms. The maximum absolute atomic E-state index is 14.3. The van der Waals surface area contributed by atoms with Gasteiger partial charge in [-0.2, -0.15) is 0 Å². The van der Waals surface area contributed by atoms with Gasteiger partial charge >= 0.3 is 0 Å². The second-order valence-corrected chi connectivity index (χ2v) is 6.21. The number of rotatable bonds is 6. The Morgan fingerprint density at radius 1 is 1.38 bits per heavy atom. The number of benzene rings is 1. The van der Waals surface area contributed by atoms with Crippen molar-refractivity contribution < 1.29 is 9.13 Å². The Morgan fingerprint density at radius 2 is 2.14 bits per heavy atom. The third-order valence-electron chi connectivity index (χ3n) is 3.48. The Morgan fingerprint density at radius 3 is 2.71 bits per heavy atom. The molecule has 1 aromatic heterocycles. The normalized spacial score (nSPS) is 12.4. The summed E-state index contributed by atoms with van der Waals surface area (Å²) in [7, 11) is 1.57. The Labute approximate surface area is 129 Å². The van der Waals surface area contributed by atoms with Crippen LogP contribution in [0, 0.1) is 19.7 Å². The largest absolute Gasteiger partial charge is 0.496 e. The Bertz CT molecular complexity index is 593. The first kappa shape index (κ1) is 15.9. The van der Waals surface area contributed by atoms with Crippen LogP contribution in [-0.4, -0.2) is 18.6 Å². The molecule has 1 atom stereocenters. The minimum Gasteiger partial charge on any atom is -0.496 e. The zero-order valence-corrected chi connectivity index (χ0v) is 13.7. The highest BCUT2D eigenvalue weighted by Crippen LogP contribution is 2.31. The molecule has 0 amide bonds. The summed E-state index contributed by atoms with van der Waals surface area (Å²) in [5.74, 6) is 0.330. The molecule has 1 aromatic carbocycles. The van der Waals surface area contributed by atoms with Crippen LogP contribution in [0.5, 0.6) is 5.75 Å². The monoisotopic (exact) mass is 308 g/mol. The molecule has 1 heterocycles. The molecule has 0 saturated heterocycles. The van der Waals surface area contributed by atoms with Crippen molar-refractivity contribution in [2.24, 2.45) is 0 Å². The van der Waals surface area contributed by atoms with Crippen molar-refractivity contribution >= 4 is 11.3 Å². The number of ether oxygens (including phenoxy) is 1. The standard InChI is InChI=1S/C16H21FN2OS/c1-5-18-13(9-15-19-10(2)11(3)21-15)16-12(17)7-6-8-14(16)20-4/h6-8,13,18H,5,9H2,1-4H3. The van der Waals surface area contributed by atoms with Gasteiger partial charge in [0.2, 0.25) is 0 Å². The number of aryl methyl sites for hydroxylation is 2. The molecule has 1 N–H and O–H groups in total. The summed E-state index contributed by atoms with van der Waals surface area (Å²) in [6, 6.07) is 4.79. The van der Waals surface area contributed by atoms with Crippen LogP contribution in [-0.2, 0) is 6.42 Å². The zero-order chi connectivity index (χ0) is 15.4. The predicted molar refractivity (Wildman–Crippen MR) is 84.7 cm³/mol. The average molecular weight is 308 g/mol. The van der Waals surface area contributed by atoms with Gasteiger partial charge in [-0.15, -0.1) is 11.3 Å². The minimum absolute atomic E-state index is 0.143. The molecule has 0 saturated carbocycles. The first-order valence-electron chi connectivity index (χ1n) is 7.05. The fraction of sp³-hybridized carbons (Fsp3) is 0.438. The molecule has 0 aliphatic rings. The van der Waals surface area contributed by atoms with Gasteiger partial charge in [-0.05, 0) is 32.5 Å². The Hall–Kier alpha value is -1.46. The molecule has 0 radical (unpaired) electrons. The average Bonchev–Trinajstić information content (AvgIpc) is 2.76. The van der Waals surface area contributed by atoms with Crippen LogP contribution in [0.25, 0.3) is 0 Å². The van der Waals surface area contributed by atoms with E-state index in [1.54, 1.807) is 30.6 Å². The SMILES string of the molecule is CCNC(Cc1nc(C)c(C)s1)c1c(F)cccc1OC. The summed E-state index contributed by atoms with van der Waals surface area (Å²) in [6.45, 7) is 6.83. The first-order valence-corrected chi connectivity index (χ1v) is 7.87. The van der Waals surface area contributed by atoms with Crippen molar-refractivity contribution in [3.05, 3.63) is 45.2 Å². The van der Waals surface area contributed by atoms with Crippen LogP contribution in [0.2, 0.25) is 0 Å². The van der Waals surface area contributed by atoms with Gasteiger partial charge in [0.05, 0.1) is 17.8 Å². The smallest absolute Gasteiger partial charge is 0.131 e. The van der Waals surface area contributed by atoms with Crippen LogP contribution in [0.15, 0.2) is 18.2 Å².